The molecule has 0 aliphatic rings. The van der Waals surface area contributed by atoms with E-state index in [1.165, 1.54) is 6.20 Å². The normalized spacial score (nSPS) is 12.2. The first kappa shape index (κ1) is 13.8. The first-order chi connectivity index (χ1) is 8.00. The quantitative estimate of drug-likeness (QED) is 0.731. The van der Waals surface area contributed by atoms with E-state index in [0.717, 1.165) is 6.42 Å². The molecule has 1 rings (SSSR count). The van der Waals surface area contributed by atoms with Crippen molar-refractivity contribution < 1.29 is 9.59 Å². The van der Waals surface area contributed by atoms with Crippen LogP contribution in [0, 0.1) is 5.92 Å². The predicted octanol–water partition coefficient (Wildman–Crippen LogP) is 3.31. The Labute approximate surface area is 106 Å². The highest BCUT2D eigenvalue weighted by Crippen LogP contribution is 2.13. The fourth-order valence-electron chi connectivity index (χ4n) is 1.46. The van der Waals surface area contributed by atoms with Gasteiger partial charge in [0.1, 0.15) is 11.5 Å². The monoisotopic (exact) mass is 253 g/mol. The van der Waals surface area contributed by atoms with Crippen molar-refractivity contribution in [2.75, 3.05) is 0 Å². The average Bonchev–Trinajstić information content (AvgIpc) is 2.28. The van der Waals surface area contributed by atoms with E-state index in [0.29, 0.717) is 23.6 Å². The molecule has 3 nitrogen and oxygen atoms in total. The largest absolute Gasteiger partial charge is 0.300 e. The van der Waals surface area contributed by atoms with E-state index in [2.05, 4.69) is 4.98 Å². The van der Waals surface area contributed by atoms with Crippen LogP contribution in [-0.4, -0.2) is 16.6 Å². The molecule has 4 heteroatoms. The van der Waals surface area contributed by atoms with E-state index in [1.54, 1.807) is 19.1 Å². The lowest BCUT2D eigenvalue weighted by Gasteiger charge is -2.06. The summed E-state index contributed by atoms with van der Waals surface area (Å²) in [4.78, 5) is 26.7. The van der Waals surface area contributed by atoms with E-state index in [1.807, 2.05) is 6.92 Å². The molecule has 0 radical (unpaired) electrons. The Hall–Kier alpha value is -1.22. The molecule has 0 fully saturated rings. The van der Waals surface area contributed by atoms with Gasteiger partial charge < -0.3 is 0 Å². The SMILES string of the molecule is CC(=O)C(C)CCCC(=O)c1cc(Cl)ccn1. The summed E-state index contributed by atoms with van der Waals surface area (Å²) in [6.07, 6.45) is 3.37. The molecule has 1 aromatic rings. The maximum Gasteiger partial charge on any atom is 0.181 e. The third kappa shape index (κ3) is 4.65. The number of carbonyl (C=O) groups is 2. The number of hydrogen-bond donors (Lipinski definition) is 0. The molecular formula is C13H16ClNO2. The van der Waals surface area contributed by atoms with Crippen LogP contribution >= 0.6 is 11.6 Å². The van der Waals surface area contributed by atoms with Crippen LogP contribution in [0.3, 0.4) is 0 Å². The second kappa shape index (κ2) is 6.50. The number of aromatic nitrogens is 1. The van der Waals surface area contributed by atoms with Crippen LogP contribution in [0.2, 0.25) is 5.02 Å². The van der Waals surface area contributed by atoms with Crippen molar-refractivity contribution in [3.05, 3.63) is 29.0 Å². The summed E-state index contributed by atoms with van der Waals surface area (Å²) >= 11 is 5.78. The van der Waals surface area contributed by atoms with Crippen molar-refractivity contribution in [1.29, 1.82) is 0 Å². The number of carbonyl (C=O) groups excluding carboxylic acids is 2. The second-order valence-electron chi connectivity index (χ2n) is 4.19. The zero-order valence-corrected chi connectivity index (χ0v) is 10.8. The Bertz CT molecular complexity index is 418. The lowest BCUT2D eigenvalue weighted by molar-refractivity contribution is -0.120. The molecule has 0 spiro atoms. The van der Waals surface area contributed by atoms with Crippen molar-refractivity contribution in [3.63, 3.8) is 0 Å². The Morgan fingerprint density at radius 1 is 1.47 bits per heavy atom. The number of halogens is 1. The lowest BCUT2D eigenvalue weighted by Crippen LogP contribution is -2.08. The topological polar surface area (TPSA) is 47.0 Å². The summed E-state index contributed by atoms with van der Waals surface area (Å²) in [5.74, 6) is 0.164. The highest BCUT2D eigenvalue weighted by atomic mass is 35.5. The van der Waals surface area contributed by atoms with Gasteiger partial charge in [-0.3, -0.25) is 14.6 Å². The van der Waals surface area contributed by atoms with E-state index < -0.39 is 0 Å². The first-order valence-corrected chi connectivity index (χ1v) is 6.03. The van der Waals surface area contributed by atoms with Crippen molar-refractivity contribution in [3.8, 4) is 0 Å². The summed E-state index contributed by atoms with van der Waals surface area (Å²) in [5.41, 5.74) is 0.396. The zero-order chi connectivity index (χ0) is 12.8. The summed E-state index contributed by atoms with van der Waals surface area (Å²) < 4.78 is 0. The molecule has 1 aromatic heterocycles. The fraction of sp³-hybridized carbons (Fsp3) is 0.462. The Morgan fingerprint density at radius 3 is 2.76 bits per heavy atom. The van der Waals surface area contributed by atoms with E-state index >= 15 is 0 Å². The van der Waals surface area contributed by atoms with Crippen molar-refractivity contribution in [1.82, 2.24) is 4.98 Å². The van der Waals surface area contributed by atoms with Crippen molar-refractivity contribution in [2.45, 2.75) is 33.1 Å². The van der Waals surface area contributed by atoms with Crippen LogP contribution in [0.25, 0.3) is 0 Å². The van der Waals surface area contributed by atoms with Gasteiger partial charge in [-0.25, -0.2) is 0 Å². The number of nitrogens with zero attached hydrogens (tertiary/aromatic N) is 1. The molecule has 0 bridgehead atoms. The van der Waals surface area contributed by atoms with Crippen LogP contribution in [0.5, 0.6) is 0 Å². The van der Waals surface area contributed by atoms with Gasteiger partial charge >= 0.3 is 0 Å². The summed E-state index contributed by atoms with van der Waals surface area (Å²) in [7, 11) is 0. The highest BCUT2D eigenvalue weighted by molar-refractivity contribution is 6.30. The van der Waals surface area contributed by atoms with Crippen LogP contribution < -0.4 is 0 Å². The van der Waals surface area contributed by atoms with Gasteiger partial charge in [0.15, 0.2) is 5.78 Å². The zero-order valence-electron chi connectivity index (χ0n) is 10.1. The molecule has 92 valence electrons. The number of hydrogen-bond acceptors (Lipinski definition) is 3. The van der Waals surface area contributed by atoms with Crippen LogP contribution in [0.1, 0.15) is 43.6 Å². The third-order valence-corrected chi connectivity index (χ3v) is 2.98. The Balaban J connectivity index is 2.43. The van der Waals surface area contributed by atoms with E-state index in [4.69, 9.17) is 11.6 Å². The molecular weight excluding hydrogens is 238 g/mol. The van der Waals surface area contributed by atoms with Gasteiger partial charge in [-0.15, -0.1) is 0 Å². The molecule has 1 atom stereocenters. The molecule has 1 heterocycles. The van der Waals surface area contributed by atoms with Gasteiger partial charge in [0.25, 0.3) is 0 Å². The number of ketones is 2. The summed E-state index contributed by atoms with van der Waals surface area (Å²) in [6, 6.07) is 3.20. The van der Waals surface area contributed by atoms with Crippen LogP contribution in [0.4, 0.5) is 0 Å². The molecule has 0 aromatic carbocycles. The van der Waals surface area contributed by atoms with Crippen LogP contribution in [0.15, 0.2) is 18.3 Å². The molecule has 0 saturated heterocycles. The van der Waals surface area contributed by atoms with Gasteiger partial charge in [0.05, 0.1) is 0 Å². The first-order valence-electron chi connectivity index (χ1n) is 5.66. The van der Waals surface area contributed by atoms with Gasteiger partial charge in [-0.2, -0.15) is 0 Å². The van der Waals surface area contributed by atoms with Crippen LogP contribution in [-0.2, 0) is 4.79 Å². The molecule has 0 aliphatic carbocycles. The standard InChI is InChI=1S/C13H16ClNO2/c1-9(10(2)16)4-3-5-13(17)12-8-11(14)6-7-15-12/h6-9H,3-5H2,1-2H3. The smallest absolute Gasteiger partial charge is 0.181 e. The Morgan fingerprint density at radius 2 is 2.18 bits per heavy atom. The van der Waals surface area contributed by atoms with Gasteiger partial charge in [0.2, 0.25) is 0 Å². The minimum absolute atomic E-state index is 0.0233. The highest BCUT2D eigenvalue weighted by Gasteiger charge is 2.11. The van der Waals surface area contributed by atoms with Crippen molar-refractivity contribution in [2.24, 2.45) is 5.92 Å². The average molecular weight is 254 g/mol. The number of Topliss-reactive ketones (excluding diaryl/α,β-unsaturated/α-hetero) is 2. The molecule has 17 heavy (non-hydrogen) atoms. The molecule has 0 aliphatic heterocycles. The minimum atomic E-state index is -0.0248. The number of rotatable bonds is 6. The maximum absolute atomic E-state index is 11.7. The Kier molecular flexibility index (Phi) is 5.29. The predicted molar refractivity (Wildman–Crippen MR) is 67.3 cm³/mol. The summed E-state index contributed by atoms with van der Waals surface area (Å²) in [5, 5.41) is 0.514. The molecule has 0 amide bonds. The summed E-state index contributed by atoms with van der Waals surface area (Å²) in [6.45, 7) is 3.45. The number of pyridine rings is 1. The maximum atomic E-state index is 11.7. The van der Waals surface area contributed by atoms with Gasteiger partial charge in [0, 0.05) is 23.6 Å². The lowest BCUT2D eigenvalue weighted by atomic mass is 9.99. The molecule has 0 saturated carbocycles. The van der Waals surface area contributed by atoms with Gasteiger partial charge in [-0.05, 0) is 31.9 Å². The van der Waals surface area contributed by atoms with E-state index in [-0.39, 0.29) is 17.5 Å². The molecule has 1 unspecified atom stereocenters. The second-order valence-corrected chi connectivity index (χ2v) is 4.62. The molecule has 0 N–H and O–H groups in total. The third-order valence-electron chi connectivity index (χ3n) is 2.74. The minimum Gasteiger partial charge on any atom is -0.300 e. The van der Waals surface area contributed by atoms with Crippen molar-refractivity contribution >= 4 is 23.2 Å². The fourth-order valence-corrected chi connectivity index (χ4v) is 1.62. The van der Waals surface area contributed by atoms with E-state index in [9.17, 15) is 9.59 Å². The van der Waals surface area contributed by atoms with Gasteiger partial charge in [-0.1, -0.05) is 18.5 Å².